The van der Waals surface area contributed by atoms with E-state index in [0.29, 0.717) is 22.5 Å². The van der Waals surface area contributed by atoms with Gasteiger partial charge >= 0.3 is 0 Å². The summed E-state index contributed by atoms with van der Waals surface area (Å²) in [5.74, 6) is 0.353. The average molecular weight is 409 g/mol. The van der Waals surface area contributed by atoms with Gasteiger partial charge in [0.05, 0.1) is 18.5 Å². The van der Waals surface area contributed by atoms with E-state index >= 15 is 0 Å². The number of sulfonamides is 1. The van der Waals surface area contributed by atoms with Gasteiger partial charge in [-0.3, -0.25) is 9.10 Å². The van der Waals surface area contributed by atoms with Crippen molar-refractivity contribution in [1.82, 2.24) is 5.32 Å². The molecule has 0 atom stereocenters. The summed E-state index contributed by atoms with van der Waals surface area (Å²) in [7, 11) is -3.48. The van der Waals surface area contributed by atoms with Crippen LogP contribution in [-0.2, 0) is 21.4 Å². The molecular formula is C19H21ClN2O4S. The van der Waals surface area contributed by atoms with Crippen LogP contribution in [0.5, 0.6) is 5.75 Å². The largest absolute Gasteiger partial charge is 0.484 e. The number of carbonyl (C=O) groups is 1. The predicted octanol–water partition coefficient (Wildman–Crippen LogP) is 2.96. The molecule has 2 aromatic carbocycles. The Kier molecular flexibility index (Phi) is 5.92. The van der Waals surface area contributed by atoms with E-state index in [9.17, 15) is 13.2 Å². The minimum atomic E-state index is -3.48. The highest BCUT2D eigenvalue weighted by Gasteiger charge is 2.23. The lowest BCUT2D eigenvalue weighted by molar-refractivity contribution is -0.123. The van der Waals surface area contributed by atoms with Crippen molar-refractivity contribution in [3.63, 3.8) is 0 Å². The summed E-state index contributed by atoms with van der Waals surface area (Å²) in [4.78, 5) is 11.7. The summed E-state index contributed by atoms with van der Waals surface area (Å²) in [6.07, 6.45) is 3.21. The lowest BCUT2D eigenvalue weighted by atomic mass is 10.2. The van der Waals surface area contributed by atoms with Crippen LogP contribution in [0.1, 0.15) is 18.4 Å². The molecule has 0 radical (unpaired) electrons. The van der Waals surface area contributed by atoms with Crippen LogP contribution < -0.4 is 14.4 Å². The quantitative estimate of drug-likeness (QED) is 0.728. The van der Waals surface area contributed by atoms with E-state index in [0.717, 1.165) is 24.7 Å². The van der Waals surface area contributed by atoms with Crippen LogP contribution in [0.3, 0.4) is 0 Å². The van der Waals surface area contributed by atoms with Gasteiger partial charge in [-0.2, -0.15) is 0 Å². The van der Waals surface area contributed by atoms with Crippen LogP contribution in [0, 0.1) is 0 Å². The Hall–Kier alpha value is -2.25. The monoisotopic (exact) mass is 408 g/mol. The van der Waals surface area contributed by atoms with Gasteiger partial charge in [0, 0.05) is 11.1 Å². The van der Waals surface area contributed by atoms with E-state index in [1.165, 1.54) is 4.31 Å². The maximum absolute atomic E-state index is 12.2. The predicted molar refractivity (Wildman–Crippen MR) is 106 cm³/mol. The molecule has 1 saturated carbocycles. The molecule has 0 bridgehead atoms. The first-order chi connectivity index (χ1) is 12.8. The van der Waals surface area contributed by atoms with Gasteiger partial charge in [0.2, 0.25) is 10.0 Å². The van der Waals surface area contributed by atoms with Gasteiger partial charge in [-0.25, -0.2) is 8.42 Å². The Balaban J connectivity index is 1.67. The molecule has 8 heteroatoms. The Morgan fingerprint density at radius 1 is 1.15 bits per heavy atom. The van der Waals surface area contributed by atoms with Crippen LogP contribution in [0.2, 0.25) is 5.02 Å². The highest BCUT2D eigenvalue weighted by molar-refractivity contribution is 7.92. The number of nitrogens with zero attached hydrogens (tertiary/aromatic N) is 1. The molecule has 0 unspecified atom stereocenters. The molecule has 144 valence electrons. The van der Waals surface area contributed by atoms with E-state index in [-0.39, 0.29) is 19.1 Å². The topological polar surface area (TPSA) is 75.7 Å². The number of rotatable bonds is 8. The molecule has 2 aromatic rings. The van der Waals surface area contributed by atoms with E-state index in [2.05, 4.69) is 5.32 Å². The zero-order valence-electron chi connectivity index (χ0n) is 14.9. The SMILES string of the molecule is CS(=O)(=O)N(Cc1ccc(Cl)cc1)c1ccc(OCC(=O)NC2CC2)cc1. The molecule has 1 fully saturated rings. The second-order valence-electron chi connectivity index (χ2n) is 6.52. The summed E-state index contributed by atoms with van der Waals surface area (Å²) in [5.41, 5.74) is 1.34. The van der Waals surface area contributed by atoms with Gasteiger partial charge in [-0.05, 0) is 54.8 Å². The second kappa shape index (κ2) is 8.19. The number of hydrogen-bond acceptors (Lipinski definition) is 4. The van der Waals surface area contributed by atoms with Crippen molar-refractivity contribution in [2.75, 3.05) is 17.2 Å². The van der Waals surface area contributed by atoms with Gasteiger partial charge in [0.15, 0.2) is 6.61 Å². The first-order valence-corrected chi connectivity index (χ1v) is 10.8. The minimum absolute atomic E-state index is 0.0591. The van der Waals surface area contributed by atoms with Crippen molar-refractivity contribution in [3.8, 4) is 5.75 Å². The molecule has 1 aliphatic rings. The number of amides is 1. The maximum Gasteiger partial charge on any atom is 0.258 e. The number of ether oxygens (including phenoxy) is 1. The van der Waals surface area contributed by atoms with E-state index < -0.39 is 10.0 Å². The highest BCUT2D eigenvalue weighted by atomic mass is 35.5. The van der Waals surface area contributed by atoms with Crippen molar-refractivity contribution in [3.05, 3.63) is 59.1 Å². The molecule has 0 saturated heterocycles. The summed E-state index contributed by atoms with van der Waals surface area (Å²) in [6.45, 7) is 0.135. The molecule has 27 heavy (non-hydrogen) atoms. The molecule has 0 spiro atoms. The van der Waals surface area contributed by atoms with Gasteiger partial charge in [-0.15, -0.1) is 0 Å². The summed E-state index contributed by atoms with van der Waals surface area (Å²) >= 11 is 5.88. The lowest BCUT2D eigenvalue weighted by Crippen LogP contribution is -2.30. The normalized spacial score (nSPS) is 13.9. The third-order valence-electron chi connectivity index (χ3n) is 4.08. The Labute approximate surface area is 164 Å². The van der Waals surface area contributed by atoms with Gasteiger partial charge < -0.3 is 10.1 Å². The summed E-state index contributed by atoms with van der Waals surface area (Å²) < 4.78 is 31.2. The molecular weight excluding hydrogens is 388 g/mol. The van der Waals surface area contributed by atoms with E-state index in [1.54, 1.807) is 48.5 Å². The fraction of sp³-hybridized carbons (Fsp3) is 0.316. The minimum Gasteiger partial charge on any atom is -0.484 e. The Morgan fingerprint density at radius 3 is 2.33 bits per heavy atom. The molecule has 0 aromatic heterocycles. The summed E-state index contributed by atoms with van der Waals surface area (Å²) in [6, 6.07) is 13.9. The number of anilines is 1. The van der Waals surface area contributed by atoms with E-state index in [4.69, 9.17) is 16.3 Å². The van der Waals surface area contributed by atoms with Crippen LogP contribution in [0.4, 0.5) is 5.69 Å². The molecule has 1 amide bonds. The zero-order chi connectivity index (χ0) is 19.4. The van der Waals surface area contributed by atoms with Crippen LogP contribution >= 0.6 is 11.6 Å². The molecule has 0 heterocycles. The van der Waals surface area contributed by atoms with Crippen molar-refractivity contribution >= 4 is 33.2 Å². The fourth-order valence-electron chi connectivity index (χ4n) is 2.51. The van der Waals surface area contributed by atoms with Crippen LogP contribution in [0.25, 0.3) is 0 Å². The lowest BCUT2D eigenvalue weighted by Gasteiger charge is -2.23. The third-order valence-corrected chi connectivity index (χ3v) is 5.47. The van der Waals surface area contributed by atoms with Crippen molar-refractivity contribution in [1.29, 1.82) is 0 Å². The van der Waals surface area contributed by atoms with Crippen LogP contribution in [0.15, 0.2) is 48.5 Å². The molecule has 1 N–H and O–H groups in total. The Bertz CT molecular complexity index is 894. The maximum atomic E-state index is 12.2. The summed E-state index contributed by atoms with van der Waals surface area (Å²) in [5, 5.41) is 3.44. The van der Waals surface area contributed by atoms with Gasteiger partial charge in [0.25, 0.3) is 5.91 Å². The van der Waals surface area contributed by atoms with E-state index in [1.807, 2.05) is 0 Å². The number of halogens is 1. The van der Waals surface area contributed by atoms with Gasteiger partial charge in [0.1, 0.15) is 5.75 Å². The van der Waals surface area contributed by atoms with Crippen molar-refractivity contribution in [2.45, 2.75) is 25.4 Å². The first-order valence-electron chi connectivity index (χ1n) is 8.55. The standard InChI is InChI=1S/C19H21ClN2O4S/c1-27(24,25)22(12-14-2-4-15(20)5-3-14)17-8-10-18(11-9-17)26-13-19(23)21-16-6-7-16/h2-5,8-11,16H,6-7,12-13H2,1H3,(H,21,23). The molecule has 0 aliphatic heterocycles. The van der Waals surface area contributed by atoms with Crippen LogP contribution in [-0.4, -0.2) is 33.2 Å². The van der Waals surface area contributed by atoms with Gasteiger partial charge in [-0.1, -0.05) is 23.7 Å². The highest BCUT2D eigenvalue weighted by Crippen LogP contribution is 2.24. The number of benzene rings is 2. The Morgan fingerprint density at radius 2 is 1.78 bits per heavy atom. The fourth-order valence-corrected chi connectivity index (χ4v) is 3.52. The first kappa shape index (κ1) is 19.5. The molecule has 1 aliphatic carbocycles. The van der Waals surface area contributed by atoms with Crippen molar-refractivity contribution < 1.29 is 17.9 Å². The zero-order valence-corrected chi connectivity index (χ0v) is 16.5. The molecule has 6 nitrogen and oxygen atoms in total. The van der Waals surface area contributed by atoms with Crippen molar-refractivity contribution in [2.24, 2.45) is 0 Å². The second-order valence-corrected chi connectivity index (χ2v) is 8.86. The third kappa shape index (κ3) is 5.87. The average Bonchev–Trinajstić information content (AvgIpc) is 3.43. The number of hydrogen-bond donors (Lipinski definition) is 1. The molecule has 3 rings (SSSR count). The smallest absolute Gasteiger partial charge is 0.258 e. The number of carbonyl (C=O) groups excluding carboxylic acids is 1. The number of nitrogens with one attached hydrogen (secondary N) is 1.